The first kappa shape index (κ1) is 5.32. The van der Waals surface area contributed by atoms with Crippen LogP contribution < -0.4 is 6.15 Å². The predicted molar refractivity (Wildman–Crippen MR) is 34.3 cm³/mol. The summed E-state index contributed by atoms with van der Waals surface area (Å²) in [6.07, 6.45) is 1.22. The Bertz CT molecular complexity index is 169. The average molecular weight is 107 g/mol. The maximum absolute atomic E-state index is 2.22. The summed E-state index contributed by atoms with van der Waals surface area (Å²) in [7, 11) is 0. The first-order valence-corrected chi connectivity index (χ1v) is 2.53. The molecule has 1 aromatic rings. The van der Waals surface area contributed by atoms with Crippen LogP contribution in [0.15, 0.2) is 24.3 Å². The highest BCUT2D eigenvalue weighted by molar-refractivity contribution is 5.37. The molecule has 0 radical (unpaired) electrons. The van der Waals surface area contributed by atoms with E-state index >= 15 is 0 Å². The smallest absolute Gasteiger partial charge is 0.00256 e. The van der Waals surface area contributed by atoms with Gasteiger partial charge in [0.1, 0.15) is 0 Å². The van der Waals surface area contributed by atoms with Gasteiger partial charge in [-0.1, -0.05) is 24.3 Å². The molecule has 1 heteroatoms. The van der Waals surface area contributed by atoms with Crippen molar-refractivity contribution in [3.8, 4) is 0 Å². The standard InChI is InChI=1S/C7H6.H3N/c1-2-6-4-7(3-1)5-6;/h1-4H,5H2;1H3. The van der Waals surface area contributed by atoms with Crippen molar-refractivity contribution in [3.63, 3.8) is 0 Å². The van der Waals surface area contributed by atoms with Gasteiger partial charge < -0.3 is 6.15 Å². The van der Waals surface area contributed by atoms with Gasteiger partial charge in [0, 0.05) is 0 Å². The summed E-state index contributed by atoms with van der Waals surface area (Å²) < 4.78 is 0. The molecule has 2 aliphatic rings. The van der Waals surface area contributed by atoms with Gasteiger partial charge in [0.05, 0.1) is 0 Å². The van der Waals surface area contributed by atoms with E-state index in [4.69, 9.17) is 0 Å². The molecule has 0 saturated carbocycles. The third-order valence-electron chi connectivity index (χ3n) is 1.40. The molecule has 0 saturated heterocycles. The second-order valence-electron chi connectivity index (χ2n) is 2.00. The normalized spacial score (nSPS) is 11.5. The minimum Gasteiger partial charge on any atom is -0.344 e. The summed E-state index contributed by atoms with van der Waals surface area (Å²) >= 11 is 0. The van der Waals surface area contributed by atoms with E-state index in [1.807, 2.05) is 0 Å². The minimum atomic E-state index is 0. The molecule has 1 nitrogen and oxygen atoms in total. The van der Waals surface area contributed by atoms with Crippen molar-refractivity contribution >= 4 is 0 Å². The summed E-state index contributed by atoms with van der Waals surface area (Å²) in [4.78, 5) is 0. The Kier molecular flexibility index (Phi) is 1.06. The third-order valence-corrected chi connectivity index (χ3v) is 1.40. The van der Waals surface area contributed by atoms with E-state index in [9.17, 15) is 0 Å². The molecule has 0 aliphatic heterocycles. The summed E-state index contributed by atoms with van der Waals surface area (Å²) in [5.41, 5.74) is 2.97. The zero-order valence-electron chi connectivity index (χ0n) is 4.72. The quantitative estimate of drug-likeness (QED) is 0.547. The van der Waals surface area contributed by atoms with E-state index < -0.39 is 0 Å². The fourth-order valence-corrected chi connectivity index (χ4v) is 0.954. The molecule has 0 amide bonds. The zero-order valence-corrected chi connectivity index (χ0v) is 4.72. The van der Waals surface area contributed by atoms with Gasteiger partial charge >= 0.3 is 0 Å². The maximum atomic E-state index is 2.22. The lowest BCUT2D eigenvalue weighted by molar-refractivity contribution is 1.09. The van der Waals surface area contributed by atoms with Gasteiger partial charge in [-0.05, 0) is 17.5 Å². The molecule has 2 bridgehead atoms. The minimum absolute atomic E-state index is 0. The highest BCUT2D eigenvalue weighted by Gasteiger charge is 2.04. The number of hydrogen-bond acceptors (Lipinski definition) is 1. The fourth-order valence-electron chi connectivity index (χ4n) is 0.954. The third kappa shape index (κ3) is 0.521. The Labute approximate surface area is 48.9 Å². The Morgan fingerprint density at radius 1 is 1.12 bits per heavy atom. The molecule has 42 valence electrons. The molecule has 0 heterocycles. The molecule has 3 rings (SSSR count). The average Bonchev–Trinajstić information content (AvgIpc) is 1.67. The van der Waals surface area contributed by atoms with Gasteiger partial charge in [0.2, 0.25) is 0 Å². The molecule has 0 aromatic heterocycles. The monoisotopic (exact) mass is 107 g/mol. The van der Waals surface area contributed by atoms with Gasteiger partial charge in [0.15, 0.2) is 0 Å². The van der Waals surface area contributed by atoms with E-state index in [0.29, 0.717) is 0 Å². The van der Waals surface area contributed by atoms with E-state index in [0.717, 1.165) is 0 Å². The van der Waals surface area contributed by atoms with Crippen molar-refractivity contribution in [2.45, 2.75) is 6.42 Å². The van der Waals surface area contributed by atoms with Gasteiger partial charge in [-0.15, -0.1) is 0 Å². The van der Waals surface area contributed by atoms with Crippen LogP contribution in [-0.4, -0.2) is 0 Å². The summed E-state index contributed by atoms with van der Waals surface area (Å²) in [5, 5.41) is 0. The van der Waals surface area contributed by atoms with Crippen molar-refractivity contribution in [2.24, 2.45) is 0 Å². The summed E-state index contributed by atoms with van der Waals surface area (Å²) in [6, 6.07) is 8.65. The Hall–Kier alpha value is -0.820. The first-order valence-electron chi connectivity index (χ1n) is 2.53. The molecule has 8 heavy (non-hydrogen) atoms. The highest BCUT2D eigenvalue weighted by Crippen LogP contribution is 2.18. The topological polar surface area (TPSA) is 35.0 Å². The Morgan fingerprint density at radius 3 is 1.75 bits per heavy atom. The van der Waals surface area contributed by atoms with Crippen LogP contribution in [0.1, 0.15) is 11.1 Å². The number of rotatable bonds is 0. The summed E-state index contributed by atoms with van der Waals surface area (Å²) in [6.45, 7) is 0. The van der Waals surface area contributed by atoms with Gasteiger partial charge in [-0.3, -0.25) is 0 Å². The molecular formula is C7H9N. The summed E-state index contributed by atoms with van der Waals surface area (Å²) in [5.74, 6) is 0. The predicted octanol–water partition coefficient (Wildman–Crippen LogP) is 1.75. The van der Waals surface area contributed by atoms with Gasteiger partial charge in [-0.25, -0.2) is 0 Å². The number of benzene rings is 1. The molecule has 1 aromatic carbocycles. The second kappa shape index (κ2) is 1.60. The molecule has 2 aliphatic carbocycles. The van der Waals surface area contributed by atoms with E-state index in [1.54, 1.807) is 0 Å². The van der Waals surface area contributed by atoms with Crippen molar-refractivity contribution in [1.29, 1.82) is 0 Å². The van der Waals surface area contributed by atoms with Crippen LogP contribution in [0.2, 0.25) is 0 Å². The Morgan fingerprint density at radius 2 is 1.62 bits per heavy atom. The lowest BCUT2D eigenvalue weighted by Crippen LogP contribution is -1.97. The van der Waals surface area contributed by atoms with Crippen LogP contribution in [0, 0.1) is 0 Å². The maximum Gasteiger partial charge on any atom is -0.00256 e. The SMILES string of the molecule is N.c1cc2cc(c1)C2. The lowest BCUT2D eigenvalue weighted by Gasteiger charge is -2.11. The fraction of sp³-hybridized carbons (Fsp3) is 0.143. The number of fused-ring (bicyclic) bond motifs is 2. The van der Waals surface area contributed by atoms with Crippen molar-refractivity contribution in [2.75, 3.05) is 0 Å². The van der Waals surface area contributed by atoms with Crippen LogP contribution in [-0.2, 0) is 6.42 Å². The largest absolute Gasteiger partial charge is 0.344 e. The van der Waals surface area contributed by atoms with E-state index in [1.165, 1.54) is 17.5 Å². The molecular weight excluding hydrogens is 98.1 g/mol. The van der Waals surface area contributed by atoms with Crippen LogP contribution >= 0.6 is 0 Å². The molecule has 3 N–H and O–H groups in total. The van der Waals surface area contributed by atoms with Crippen molar-refractivity contribution in [3.05, 3.63) is 35.4 Å². The van der Waals surface area contributed by atoms with E-state index in [2.05, 4.69) is 24.3 Å². The van der Waals surface area contributed by atoms with Crippen LogP contribution in [0.4, 0.5) is 0 Å². The van der Waals surface area contributed by atoms with Crippen molar-refractivity contribution < 1.29 is 0 Å². The van der Waals surface area contributed by atoms with Gasteiger partial charge in [0.25, 0.3) is 0 Å². The Balaban J connectivity index is 0.000000320. The first-order chi connectivity index (χ1) is 3.45. The van der Waals surface area contributed by atoms with E-state index in [-0.39, 0.29) is 6.15 Å². The highest BCUT2D eigenvalue weighted by atomic mass is 14.1. The van der Waals surface area contributed by atoms with Crippen molar-refractivity contribution in [1.82, 2.24) is 6.15 Å². The second-order valence-corrected chi connectivity index (χ2v) is 2.00. The molecule has 0 fully saturated rings. The molecule has 0 spiro atoms. The lowest BCUT2D eigenvalue weighted by atomic mass is 9.94. The molecule has 0 unspecified atom stereocenters. The number of hydrogen-bond donors (Lipinski definition) is 1. The van der Waals surface area contributed by atoms with Gasteiger partial charge in [-0.2, -0.15) is 0 Å². The zero-order chi connectivity index (χ0) is 4.69. The molecule has 0 atom stereocenters. The van der Waals surface area contributed by atoms with Crippen LogP contribution in [0.3, 0.4) is 0 Å². The van der Waals surface area contributed by atoms with Crippen LogP contribution in [0.5, 0.6) is 0 Å². The van der Waals surface area contributed by atoms with Crippen LogP contribution in [0.25, 0.3) is 0 Å².